The molecule has 18 heavy (non-hydrogen) atoms. The second kappa shape index (κ2) is 6.85. The highest BCUT2D eigenvalue weighted by Crippen LogP contribution is 2.22. The lowest BCUT2D eigenvalue weighted by atomic mass is 10.1. The highest BCUT2D eigenvalue weighted by atomic mass is 79.9. The lowest BCUT2D eigenvalue weighted by Gasteiger charge is -2.18. The van der Waals surface area contributed by atoms with Crippen molar-refractivity contribution >= 4 is 21.9 Å². The van der Waals surface area contributed by atoms with Gasteiger partial charge >= 0.3 is 5.97 Å². The maximum Gasteiger partial charge on any atom is 0.327 e. The molecule has 0 fully saturated rings. The molecule has 0 bridgehead atoms. The minimum atomic E-state index is -0.773. The summed E-state index contributed by atoms with van der Waals surface area (Å²) in [4.78, 5) is 11.7. The van der Waals surface area contributed by atoms with Gasteiger partial charge < -0.3 is 10.1 Å². The molecule has 0 radical (unpaired) electrons. The Morgan fingerprint density at radius 2 is 2.17 bits per heavy atom. The van der Waals surface area contributed by atoms with Gasteiger partial charge in [-0.2, -0.15) is 0 Å². The first-order valence-corrected chi connectivity index (χ1v) is 6.51. The molecule has 0 aromatic heterocycles. The van der Waals surface area contributed by atoms with Gasteiger partial charge in [-0.1, -0.05) is 35.8 Å². The quantitative estimate of drug-likeness (QED) is 0.848. The fourth-order valence-electron chi connectivity index (χ4n) is 1.53. The van der Waals surface area contributed by atoms with Crippen LogP contribution in [0, 0.1) is 11.7 Å². The molecule has 1 unspecified atom stereocenters. The molecule has 1 aromatic carbocycles. The summed E-state index contributed by atoms with van der Waals surface area (Å²) in [5.41, 5.74) is 0.297. The maximum atomic E-state index is 13.8. The first-order valence-electron chi connectivity index (χ1n) is 5.72. The Hall–Kier alpha value is -0.940. The third kappa shape index (κ3) is 4.07. The molecule has 0 aliphatic carbocycles. The second-order valence-corrected chi connectivity index (χ2v) is 5.34. The van der Waals surface area contributed by atoms with E-state index in [2.05, 4.69) is 21.2 Å². The number of benzene rings is 1. The van der Waals surface area contributed by atoms with Crippen molar-refractivity contribution in [3.05, 3.63) is 34.1 Å². The molecule has 0 amide bonds. The van der Waals surface area contributed by atoms with Crippen molar-refractivity contribution in [1.82, 2.24) is 5.32 Å². The summed E-state index contributed by atoms with van der Waals surface area (Å²) in [6.45, 7) is 4.63. The van der Waals surface area contributed by atoms with Crippen LogP contribution in [0.25, 0.3) is 0 Å². The van der Waals surface area contributed by atoms with E-state index in [9.17, 15) is 9.18 Å². The van der Waals surface area contributed by atoms with Crippen LogP contribution < -0.4 is 5.32 Å². The van der Waals surface area contributed by atoms with Crippen LogP contribution in [0.1, 0.15) is 25.5 Å². The van der Waals surface area contributed by atoms with Crippen LogP contribution in [0.5, 0.6) is 0 Å². The number of carbonyl (C=O) groups excluding carboxylic acids is 1. The smallest absolute Gasteiger partial charge is 0.327 e. The van der Waals surface area contributed by atoms with Crippen LogP contribution in [0.4, 0.5) is 4.39 Å². The molecule has 1 aromatic rings. The van der Waals surface area contributed by atoms with E-state index in [1.165, 1.54) is 13.2 Å². The van der Waals surface area contributed by atoms with Crippen LogP contribution in [0.15, 0.2) is 22.7 Å². The van der Waals surface area contributed by atoms with E-state index in [0.717, 1.165) is 0 Å². The number of ether oxygens (including phenoxy) is 1. The predicted molar refractivity (Wildman–Crippen MR) is 71.7 cm³/mol. The molecular weight excluding hydrogens is 301 g/mol. The van der Waals surface area contributed by atoms with Crippen molar-refractivity contribution in [1.29, 1.82) is 0 Å². The Bertz CT molecular complexity index is 423. The fraction of sp³-hybridized carbons (Fsp3) is 0.462. The van der Waals surface area contributed by atoms with Crippen molar-refractivity contribution in [3.63, 3.8) is 0 Å². The third-order valence-electron chi connectivity index (χ3n) is 2.44. The summed E-state index contributed by atoms with van der Waals surface area (Å²) in [5.74, 6) is -0.566. The van der Waals surface area contributed by atoms with Crippen LogP contribution >= 0.6 is 15.9 Å². The Kier molecular flexibility index (Phi) is 5.75. The standard InChI is InChI=1S/C13H17BrFNO2/c1-8(2)7-16-12(13(17)18-3)10-5-4-9(14)6-11(10)15/h4-6,8,12,16H,7H2,1-3H3. The Morgan fingerprint density at radius 3 is 2.67 bits per heavy atom. The Morgan fingerprint density at radius 1 is 1.50 bits per heavy atom. The lowest BCUT2D eigenvalue weighted by molar-refractivity contribution is -0.143. The van der Waals surface area contributed by atoms with Crippen LogP contribution in [-0.4, -0.2) is 19.6 Å². The zero-order valence-electron chi connectivity index (χ0n) is 10.7. The van der Waals surface area contributed by atoms with Gasteiger partial charge in [0.25, 0.3) is 0 Å². The number of rotatable bonds is 5. The van der Waals surface area contributed by atoms with E-state index >= 15 is 0 Å². The van der Waals surface area contributed by atoms with Gasteiger partial charge in [0.15, 0.2) is 0 Å². The molecule has 3 nitrogen and oxygen atoms in total. The van der Waals surface area contributed by atoms with Crippen LogP contribution in [0.2, 0.25) is 0 Å². The second-order valence-electron chi connectivity index (χ2n) is 4.42. The van der Waals surface area contributed by atoms with E-state index < -0.39 is 17.8 Å². The van der Waals surface area contributed by atoms with Gasteiger partial charge in [0.05, 0.1) is 7.11 Å². The number of esters is 1. The van der Waals surface area contributed by atoms with Crippen molar-refractivity contribution in [2.45, 2.75) is 19.9 Å². The molecule has 1 atom stereocenters. The molecule has 0 aliphatic heterocycles. The van der Waals surface area contributed by atoms with Gasteiger partial charge in [0.2, 0.25) is 0 Å². The minimum absolute atomic E-state index is 0.297. The van der Waals surface area contributed by atoms with Crippen molar-refractivity contribution in [3.8, 4) is 0 Å². The Labute approximate surface area is 115 Å². The lowest BCUT2D eigenvalue weighted by Crippen LogP contribution is -2.32. The molecule has 0 saturated carbocycles. The zero-order chi connectivity index (χ0) is 13.7. The van der Waals surface area contributed by atoms with E-state index in [0.29, 0.717) is 22.5 Å². The van der Waals surface area contributed by atoms with Gasteiger partial charge in [0.1, 0.15) is 11.9 Å². The molecule has 0 spiro atoms. The fourth-order valence-corrected chi connectivity index (χ4v) is 1.86. The summed E-state index contributed by atoms with van der Waals surface area (Å²) >= 11 is 3.19. The number of carbonyl (C=O) groups is 1. The first kappa shape index (κ1) is 15.1. The molecule has 0 heterocycles. The van der Waals surface area contributed by atoms with E-state index in [4.69, 9.17) is 4.74 Å². The topological polar surface area (TPSA) is 38.3 Å². The highest BCUT2D eigenvalue weighted by Gasteiger charge is 2.24. The number of methoxy groups -OCH3 is 1. The van der Waals surface area contributed by atoms with Gasteiger partial charge in [-0.05, 0) is 24.6 Å². The van der Waals surface area contributed by atoms with Crippen LogP contribution in [0.3, 0.4) is 0 Å². The summed E-state index contributed by atoms with van der Waals surface area (Å²) in [6, 6.07) is 3.84. The maximum absolute atomic E-state index is 13.8. The zero-order valence-corrected chi connectivity index (χ0v) is 12.3. The molecule has 1 N–H and O–H groups in total. The first-order chi connectivity index (χ1) is 8.45. The molecule has 0 aliphatic rings. The average Bonchev–Trinajstić information content (AvgIpc) is 2.30. The predicted octanol–water partition coefficient (Wildman–Crippen LogP) is 3.05. The number of hydrogen-bond acceptors (Lipinski definition) is 3. The van der Waals surface area contributed by atoms with Gasteiger partial charge in [-0.25, -0.2) is 9.18 Å². The Balaban J connectivity index is 2.97. The molecule has 100 valence electrons. The minimum Gasteiger partial charge on any atom is -0.468 e. The average molecular weight is 318 g/mol. The molecule has 0 saturated heterocycles. The van der Waals surface area contributed by atoms with Crippen molar-refractivity contribution in [2.24, 2.45) is 5.92 Å². The number of nitrogens with one attached hydrogen (secondary N) is 1. The molecule has 1 rings (SSSR count). The summed E-state index contributed by atoms with van der Waals surface area (Å²) in [5, 5.41) is 3.02. The highest BCUT2D eigenvalue weighted by molar-refractivity contribution is 9.10. The SMILES string of the molecule is COC(=O)C(NCC(C)C)c1ccc(Br)cc1F. The summed E-state index contributed by atoms with van der Waals surface area (Å²) in [6.07, 6.45) is 0. The number of halogens is 2. The largest absolute Gasteiger partial charge is 0.468 e. The third-order valence-corrected chi connectivity index (χ3v) is 2.93. The van der Waals surface area contributed by atoms with Gasteiger partial charge in [0, 0.05) is 10.0 Å². The van der Waals surface area contributed by atoms with Crippen LogP contribution in [-0.2, 0) is 9.53 Å². The number of hydrogen-bond donors (Lipinski definition) is 1. The molecular formula is C13H17BrFNO2. The normalized spacial score (nSPS) is 12.6. The van der Waals surface area contributed by atoms with Crippen molar-refractivity contribution in [2.75, 3.05) is 13.7 Å². The summed E-state index contributed by atoms with van der Waals surface area (Å²) < 4.78 is 19.2. The van der Waals surface area contributed by atoms with E-state index in [-0.39, 0.29) is 0 Å². The van der Waals surface area contributed by atoms with Crippen molar-refractivity contribution < 1.29 is 13.9 Å². The monoisotopic (exact) mass is 317 g/mol. The molecule has 5 heteroatoms. The van der Waals surface area contributed by atoms with Gasteiger partial charge in [-0.15, -0.1) is 0 Å². The van der Waals surface area contributed by atoms with E-state index in [1.807, 2.05) is 13.8 Å². The van der Waals surface area contributed by atoms with E-state index in [1.54, 1.807) is 12.1 Å². The van der Waals surface area contributed by atoms with Gasteiger partial charge in [-0.3, -0.25) is 0 Å². The summed E-state index contributed by atoms with van der Waals surface area (Å²) in [7, 11) is 1.29.